The van der Waals surface area contributed by atoms with E-state index in [1.54, 1.807) is 102 Å². The van der Waals surface area contributed by atoms with Gasteiger partial charge in [0.25, 0.3) is 11.4 Å². The van der Waals surface area contributed by atoms with Crippen molar-refractivity contribution in [3.8, 4) is 69.4 Å². The molecular weight excluding hydrogens is 1540 g/mol. The first-order valence-electron chi connectivity index (χ1n) is 37.4. The summed E-state index contributed by atoms with van der Waals surface area (Å²) in [4.78, 5) is 36.6. The van der Waals surface area contributed by atoms with E-state index >= 15 is 0 Å². The Hall–Kier alpha value is -10.5. The van der Waals surface area contributed by atoms with Crippen LogP contribution in [-0.2, 0) is 6.54 Å². The first kappa shape index (κ1) is 105. The van der Waals surface area contributed by atoms with Gasteiger partial charge in [-0.25, -0.2) is 4.98 Å². The van der Waals surface area contributed by atoms with Crippen molar-refractivity contribution in [3.63, 3.8) is 0 Å². The maximum absolute atomic E-state index is 12.0. The van der Waals surface area contributed by atoms with E-state index in [2.05, 4.69) is 166 Å². The summed E-state index contributed by atoms with van der Waals surface area (Å²) in [5.41, 5.74) is 4.12. The minimum Gasteiger partial charge on any atom is -0.497 e. The summed E-state index contributed by atoms with van der Waals surface area (Å²) in [5.74, 6) is 7.71. The Morgan fingerprint density at radius 2 is 0.709 bits per heavy atom. The molecule has 0 amide bonds. The molecule has 2 aromatic heterocycles. The van der Waals surface area contributed by atoms with Gasteiger partial charge < -0.3 is 94.1 Å². The number of rotatable bonds is 27. The summed E-state index contributed by atoms with van der Waals surface area (Å²) in [6.45, 7) is 48.5. The third-order valence-corrected chi connectivity index (χ3v) is 14.7. The molecule has 0 radical (unpaired) electrons. The summed E-state index contributed by atoms with van der Waals surface area (Å²) in [7, 11) is 17.6. The second kappa shape index (κ2) is 48.3. The van der Waals surface area contributed by atoms with Crippen molar-refractivity contribution < 1.29 is 79.9 Å². The van der Waals surface area contributed by atoms with Crippen molar-refractivity contribution in [3.05, 3.63) is 128 Å². The molecule has 0 unspecified atom stereocenters. The van der Waals surface area contributed by atoms with Crippen LogP contribution in [0, 0.1) is 47.3 Å². The van der Waals surface area contributed by atoms with Gasteiger partial charge in [0.2, 0.25) is 41.0 Å². The van der Waals surface area contributed by atoms with E-state index < -0.39 is 16.2 Å². The number of halogens is 4. The fraction of sp³-hybridized carbons (Fsp3) is 0.548. The van der Waals surface area contributed by atoms with E-state index in [4.69, 9.17) is 63.7 Å². The van der Waals surface area contributed by atoms with Gasteiger partial charge in [-0.1, -0.05) is 128 Å². The highest BCUT2D eigenvalue weighted by atomic mass is 35.5. The van der Waals surface area contributed by atoms with Crippen LogP contribution in [0.2, 0.25) is 5.15 Å². The van der Waals surface area contributed by atoms with Gasteiger partial charge in [0.15, 0.2) is 23.0 Å². The number of nitro benzene ring substituents is 2. The maximum Gasteiger partial charge on any atom is 0.573 e. The molecule has 0 spiro atoms. The first-order valence-corrected chi connectivity index (χ1v) is 37.7. The molecule has 7 N–H and O–H groups in total. The van der Waals surface area contributed by atoms with E-state index in [9.17, 15) is 33.4 Å². The van der Waals surface area contributed by atoms with Gasteiger partial charge in [-0.05, 0) is 86.3 Å². The average molecular weight is 1670 g/mol. The van der Waals surface area contributed by atoms with Crippen LogP contribution >= 0.6 is 11.6 Å². The fourth-order valence-electron chi connectivity index (χ4n) is 8.87. The molecule has 7 aromatic rings. The molecule has 0 atom stereocenters. The number of ether oxygens (including phenoxy) is 12. The van der Waals surface area contributed by atoms with Gasteiger partial charge in [-0.2, -0.15) is 15.0 Å². The Morgan fingerprint density at radius 3 is 1.03 bits per heavy atom. The van der Waals surface area contributed by atoms with Crippen LogP contribution in [0.4, 0.5) is 59.2 Å². The van der Waals surface area contributed by atoms with Gasteiger partial charge in [-0.3, -0.25) is 20.2 Å². The standard InChI is InChI=1S/C14H23NO3.C13H21NO3.C13H21NO2.C12H16F3NO.C11H15N3O4.C11H19N3O2.C10H16ClN3O/c1-14(2,3)9-15-10-7-11(16-4)13(18-6)12(8-10)17-5;1-13(2,3)14-9-7-10(15-4)12(17-6)11(8-9)16-5;1-13(2,3)9-14-10-6-11(15-4)8-12(7-10)16-5;1-11(2,3)16-8-9-5-4-6-10(7-9)17-12(13,14)15;1-11(2,3)7-12-8-4-9(13(15)16)6-10(5-8)14(17)18;1-11(2,3)7-12-10-13-8(15-4)6-9(14-10)16-5;1-10(2,3)6-12-9-13-7(11)5-8(14-9)15-4/h7-8,15H,9H2,1-6H3;7-8,14H,1-6H3;6-8,14H,9H2,1-5H3;4-7,16H,8H2,1-3H3;4-6,12H,7H2,1-3H3;6H,7H2,1-5H3,(H,12,13,14);5H,6H2,1-4H3,(H,12,13,14). The predicted octanol–water partition coefficient (Wildman–Crippen LogP) is 20.2. The lowest BCUT2D eigenvalue weighted by atomic mass is 9.97. The second-order valence-corrected chi connectivity index (χ2v) is 34.6. The number of methoxy groups -OCH3 is 11. The largest absolute Gasteiger partial charge is 0.573 e. The SMILES string of the molecule is CC(C)(C)CNc1cc([N+](=O)[O-])cc([N+](=O)[O-])c1.CC(C)(C)NCc1cccc(OC(F)(F)F)c1.COc1cc(Cl)nc(NCC(C)(C)C)n1.COc1cc(NC(C)(C)C)cc(OC)c1OC.COc1cc(NCC(C)(C)C)cc(OC)c1.COc1cc(NCC(C)(C)C)cc(OC)c1OC.COc1cc(OC)nc(NCC(C)(C)C)n1. The number of alkyl halides is 3. The Bertz CT molecular complexity index is 3940. The van der Waals surface area contributed by atoms with Crippen molar-refractivity contribution in [2.24, 2.45) is 27.1 Å². The Morgan fingerprint density at radius 1 is 0.368 bits per heavy atom. The van der Waals surface area contributed by atoms with Crippen LogP contribution in [0.25, 0.3) is 0 Å². The smallest absolute Gasteiger partial charge is 0.497 e. The lowest BCUT2D eigenvalue weighted by Crippen LogP contribution is -2.35. The molecule has 0 fully saturated rings. The third-order valence-electron chi connectivity index (χ3n) is 14.5. The molecule has 117 heavy (non-hydrogen) atoms. The van der Waals surface area contributed by atoms with Gasteiger partial charge in [0.1, 0.15) is 22.4 Å². The van der Waals surface area contributed by atoms with Crippen molar-refractivity contribution in [2.45, 2.75) is 169 Å². The highest BCUT2D eigenvalue weighted by molar-refractivity contribution is 6.29. The number of benzene rings is 5. The molecule has 0 aliphatic carbocycles. The van der Waals surface area contributed by atoms with Crippen molar-refractivity contribution >= 4 is 57.6 Å². The maximum atomic E-state index is 12.0. The van der Waals surface area contributed by atoms with E-state index in [-0.39, 0.29) is 55.3 Å². The van der Waals surface area contributed by atoms with Crippen molar-refractivity contribution in [1.29, 1.82) is 0 Å². The highest BCUT2D eigenvalue weighted by Gasteiger charge is 2.31. The number of nitro groups is 2. The number of non-ortho nitro benzene ring substituents is 2. The first-order chi connectivity index (χ1) is 53.9. The molecule has 5 aromatic carbocycles. The van der Waals surface area contributed by atoms with Gasteiger partial charge in [-0.15, -0.1) is 13.2 Å². The lowest BCUT2D eigenvalue weighted by Gasteiger charge is -2.23. The summed E-state index contributed by atoms with van der Waals surface area (Å²) in [6, 6.07) is 26.1. The van der Waals surface area contributed by atoms with E-state index in [1.807, 2.05) is 84.0 Å². The summed E-state index contributed by atoms with van der Waals surface area (Å²) >= 11 is 5.81. The number of nitrogens with zero attached hydrogens (tertiary/aromatic N) is 6. The molecule has 0 aliphatic rings. The van der Waals surface area contributed by atoms with Crippen LogP contribution in [0.5, 0.6) is 69.4 Å². The van der Waals surface area contributed by atoms with Crippen LogP contribution in [-0.4, -0.2) is 158 Å². The van der Waals surface area contributed by atoms with Gasteiger partial charge in [0, 0.05) is 134 Å². The zero-order valence-corrected chi connectivity index (χ0v) is 75.5. The number of aromatic nitrogens is 4. The number of hydrogen-bond acceptors (Lipinski definition) is 27. The van der Waals surface area contributed by atoms with Gasteiger partial charge in [0.05, 0.1) is 100 Å². The van der Waals surface area contributed by atoms with Crippen molar-refractivity contribution in [2.75, 3.05) is 143 Å². The molecule has 0 saturated heterocycles. The Kier molecular flexibility index (Phi) is 43.1. The van der Waals surface area contributed by atoms with Crippen LogP contribution < -0.4 is 94.1 Å². The monoisotopic (exact) mass is 1670 g/mol. The lowest BCUT2D eigenvalue weighted by molar-refractivity contribution is -0.394. The third kappa shape index (κ3) is 46.7. The molecule has 7 rings (SSSR count). The molecule has 656 valence electrons. The van der Waals surface area contributed by atoms with Crippen LogP contribution in [0.1, 0.15) is 151 Å². The topological polar surface area (TPSA) is 333 Å². The number of anilines is 6. The molecule has 2 heterocycles. The Balaban J connectivity index is 0.000000683. The summed E-state index contributed by atoms with van der Waals surface area (Å²) in [6.07, 6.45) is -4.64. The van der Waals surface area contributed by atoms with Crippen LogP contribution in [0.15, 0.2) is 97.1 Å². The fourth-order valence-corrected chi connectivity index (χ4v) is 9.04. The zero-order chi connectivity index (χ0) is 89.7. The molecule has 33 heteroatoms. The molecule has 0 aliphatic heterocycles. The van der Waals surface area contributed by atoms with E-state index in [1.165, 1.54) is 24.3 Å². The van der Waals surface area contributed by atoms with E-state index in [0.717, 1.165) is 66.4 Å². The number of nitrogens with one attached hydrogen (secondary N) is 7. The van der Waals surface area contributed by atoms with Gasteiger partial charge >= 0.3 is 6.36 Å². The zero-order valence-electron chi connectivity index (χ0n) is 74.7. The van der Waals surface area contributed by atoms with Crippen LogP contribution in [0.3, 0.4) is 0 Å². The summed E-state index contributed by atoms with van der Waals surface area (Å²) in [5, 5.41) is 44.3. The molecule has 0 saturated carbocycles. The molecule has 0 bridgehead atoms. The minimum absolute atomic E-state index is 0.0232. The van der Waals surface area contributed by atoms with E-state index in [0.29, 0.717) is 88.0 Å². The normalized spacial score (nSPS) is 11.3. The van der Waals surface area contributed by atoms with Crippen molar-refractivity contribution in [1.82, 2.24) is 25.3 Å². The Labute approximate surface area is 696 Å². The highest BCUT2D eigenvalue weighted by Crippen LogP contribution is 2.42. The summed E-state index contributed by atoms with van der Waals surface area (Å²) < 4.78 is 97.1. The molecular formula is C84H131ClF3N13O16. The number of hydrogen-bond donors (Lipinski definition) is 7. The second-order valence-electron chi connectivity index (χ2n) is 34.3. The molecule has 29 nitrogen and oxygen atoms in total. The average Bonchev–Trinajstić information content (AvgIpc) is 0.834. The minimum atomic E-state index is -4.64. The predicted molar refractivity (Wildman–Crippen MR) is 463 cm³/mol. The quantitative estimate of drug-likeness (QED) is 0.0143.